The topological polar surface area (TPSA) is 175 Å². The van der Waals surface area contributed by atoms with Crippen LogP contribution in [0.2, 0.25) is 0 Å². The Balaban J connectivity index is 0.773. The number of phenolic OH excluding ortho intramolecular Hbond substituents is 1. The average molecular weight is 831 g/mol. The van der Waals surface area contributed by atoms with Crippen molar-refractivity contribution in [3.63, 3.8) is 0 Å². The van der Waals surface area contributed by atoms with Gasteiger partial charge in [-0.15, -0.1) is 10.2 Å². The molecule has 2 aromatic carbocycles. The number of urea groups is 1. The van der Waals surface area contributed by atoms with Gasteiger partial charge in [-0.2, -0.15) is 0 Å². The lowest BCUT2D eigenvalue weighted by Crippen LogP contribution is -2.49. The van der Waals surface area contributed by atoms with Crippen LogP contribution >= 0.6 is 0 Å². The molecule has 15 nitrogen and oxygen atoms in total. The summed E-state index contributed by atoms with van der Waals surface area (Å²) < 4.78 is 24.3. The zero-order valence-corrected chi connectivity index (χ0v) is 34.4. The van der Waals surface area contributed by atoms with E-state index in [0.717, 1.165) is 48.1 Å². The van der Waals surface area contributed by atoms with Crippen LogP contribution in [0.15, 0.2) is 73.1 Å². The zero-order chi connectivity index (χ0) is 42.4. The number of ether oxygens (including phenoxy) is 1. The largest absolute Gasteiger partial charge is 0.507 e. The summed E-state index contributed by atoms with van der Waals surface area (Å²) in [5.41, 5.74) is 12.0. The number of halogens is 1. The van der Waals surface area contributed by atoms with Gasteiger partial charge in [0.05, 0.1) is 35.4 Å². The molecule has 16 heteroatoms. The molecule has 4 aliphatic rings. The summed E-state index contributed by atoms with van der Waals surface area (Å²) in [6.45, 7) is 8.60. The molecule has 4 fully saturated rings. The third-order valence-electron chi connectivity index (χ3n) is 12.7. The molecule has 0 saturated carbocycles. The minimum Gasteiger partial charge on any atom is -0.507 e. The summed E-state index contributed by atoms with van der Waals surface area (Å²) in [6.07, 6.45) is 4.74. The number of amides is 4. The summed E-state index contributed by atoms with van der Waals surface area (Å²) in [5.74, 6) is 0.505. The molecule has 4 amide bonds. The number of para-hydroxylation sites is 1. The van der Waals surface area contributed by atoms with Gasteiger partial charge in [-0.1, -0.05) is 24.3 Å². The first-order chi connectivity index (χ1) is 29.5. The number of nitrogen functional groups attached to an aromatic ring is 1. The van der Waals surface area contributed by atoms with Crippen LogP contribution < -0.4 is 20.9 Å². The van der Waals surface area contributed by atoms with E-state index in [9.17, 15) is 19.5 Å². The van der Waals surface area contributed by atoms with E-state index in [2.05, 4.69) is 30.3 Å². The molecule has 318 valence electrons. The molecule has 4 atom stereocenters. The second kappa shape index (κ2) is 16.7. The summed E-state index contributed by atoms with van der Waals surface area (Å²) in [7, 11) is 0. The summed E-state index contributed by atoms with van der Waals surface area (Å²) >= 11 is 0. The number of pyridine rings is 1. The van der Waals surface area contributed by atoms with E-state index < -0.39 is 12.2 Å². The first-order valence-electron chi connectivity index (χ1n) is 21.1. The molecular formula is C45H51FN10O5. The summed E-state index contributed by atoms with van der Waals surface area (Å²) in [6, 6.07) is 17.6. The quantitative estimate of drug-likeness (QED) is 0.177. The highest BCUT2D eigenvalue weighted by atomic mass is 19.1. The van der Waals surface area contributed by atoms with Crippen LogP contribution in [0.3, 0.4) is 0 Å². The molecule has 9 rings (SSSR count). The van der Waals surface area contributed by atoms with Crippen molar-refractivity contribution >= 4 is 46.1 Å². The second-order valence-corrected chi connectivity index (χ2v) is 16.9. The lowest BCUT2D eigenvalue weighted by atomic mass is 9.93. The number of imide groups is 1. The van der Waals surface area contributed by atoms with E-state index in [4.69, 9.17) is 10.5 Å². The minimum absolute atomic E-state index is 0.00536. The molecule has 0 bridgehead atoms. The van der Waals surface area contributed by atoms with E-state index >= 15 is 4.39 Å². The molecule has 61 heavy (non-hydrogen) atoms. The Bertz CT molecular complexity index is 2450. The van der Waals surface area contributed by atoms with Gasteiger partial charge in [0, 0.05) is 81.5 Å². The van der Waals surface area contributed by atoms with Crippen LogP contribution in [0.1, 0.15) is 66.2 Å². The Morgan fingerprint density at radius 1 is 0.984 bits per heavy atom. The van der Waals surface area contributed by atoms with Crippen molar-refractivity contribution in [2.75, 3.05) is 67.9 Å². The number of aromatic hydroxyl groups is 1. The number of phenols is 1. The lowest BCUT2D eigenvalue weighted by Gasteiger charge is -2.39. The number of carbonyl (C=O) groups excluding carboxylic acids is 3. The molecule has 5 aromatic rings. The van der Waals surface area contributed by atoms with Gasteiger partial charge in [-0.05, 0) is 86.6 Å². The number of piperidine rings is 2. The fourth-order valence-corrected chi connectivity index (χ4v) is 9.43. The number of benzene rings is 2. The molecule has 7 heterocycles. The van der Waals surface area contributed by atoms with Crippen molar-refractivity contribution in [3.8, 4) is 17.0 Å². The summed E-state index contributed by atoms with van der Waals surface area (Å²) in [4.78, 5) is 50.2. The molecule has 4 N–H and O–H groups in total. The standard InChI is InChI=1S/C45H51FN10O5/c1-27-22-56(43-34(27)19-32(21-48-43)55-18-14-41(58)49-45(55)60)37-13-15-52(25-35(37)46)24-29-11-16-53(17-12-29)44(59)31-9-7-30(8-10-31)40-26-54(23-28(2)61-40)38-20-36(50-51-42(38)47)33-5-3-4-6-39(33)57/h3-10,19-22,28-29,35,37,40,57H,11-18,23-26H2,1-2H3,(H2,47,51)(H,49,58,60)/t28-,35+,37+,40-/m0/s1. The highest BCUT2D eigenvalue weighted by molar-refractivity contribution is 6.06. The van der Waals surface area contributed by atoms with Crippen LogP contribution in [0.5, 0.6) is 5.75 Å². The zero-order valence-electron chi connectivity index (χ0n) is 34.4. The van der Waals surface area contributed by atoms with Crippen LogP contribution in [0, 0.1) is 12.8 Å². The number of carbonyl (C=O) groups is 3. The number of fused-ring (bicyclic) bond motifs is 1. The van der Waals surface area contributed by atoms with E-state index in [1.165, 1.54) is 4.90 Å². The van der Waals surface area contributed by atoms with E-state index in [-0.39, 0.29) is 48.8 Å². The number of nitrogens with zero attached hydrogens (tertiary/aromatic N) is 8. The molecule has 0 radical (unpaired) electrons. The molecule has 0 unspecified atom stereocenters. The minimum atomic E-state index is -1.08. The molecule has 4 aliphatic heterocycles. The molecular weight excluding hydrogens is 780 g/mol. The number of nitrogens with two attached hydrogens (primary N) is 1. The smallest absolute Gasteiger partial charge is 0.328 e. The Hall–Kier alpha value is -6.13. The van der Waals surface area contributed by atoms with Crippen molar-refractivity contribution in [1.82, 2.24) is 34.9 Å². The normalized spacial score (nSPS) is 23.1. The monoisotopic (exact) mass is 830 g/mol. The highest BCUT2D eigenvalue weighted by Crippen LogP contribution is 2.36. The van der Waals surface area contributed by atoms with Crippen molar-refractivity contribution in [1.29, 1.82) is 0 Å². The Morgan fingerprint density at radius 3 is 2.52 bits per heavy atom. The lowest BCUT2D eigenvalue weighted by molar-refractivity contribution is -0.120. The van der Waals surface area contributed by atoms with Crippen molar-refractivity contribution in [2.24, 2.45) is 5.92 Å². The number of rotatable bonds is 8. The maximum atomic E-state index is 16.0. The molecule has 0 spiro atoms. The van der Waals surface area contributed by atoms with Gasteiger partial charge in [-0.3, -0.25) is 19.8 Å². The SMILES string of the molecule is Cc1cn([C@@H]2CCN(CC3CCN(C(=O)c4ccc([C@@H]5CN(c6cc(-c7ccccc7O)nnc6N)C[C@H](C)O5)cc4)CC3)C[C@H]2F)c2ncc(N3CCC(=O)NC3=O)cc12. The van der Waals surface area contributed by atoms with E-state index in [1.807, 2.05) is 72.0 Å². The number of hydrogen-bond acceptors (Lipinski definition) is 11. The summed E-state index contributed by atoms with van der Waals surface area (Å²) in [5, 5.41) is 22.1. The van der Waals surface area contributed by atoms with Gasteiger partial charge in [0.15, 0.2) is 5.82 Å². The molecule has 3 aromatic heterocycles. The van der Waals surface area contributed by atoms with E-state index in [1.54, 1.807) is 24.4 Å². The fourth-order valence-electron chi connectivity index (χ4n) is 9.43. The van der Waals surface area contributed by atoms with Gasteiger partial charge in [-0.25, -0.2) is 14.2 Å². The number of aryl methyl sites for hydroxylation is 1. The number of nitrogens with one attached hydrogen (secondary N) is 1. The molecule has 4 saturated heterocycles. The highest BCUT2D eigenvalue weighted by Gasteiger charge is 2.35. The van der Waals surface area contributed by atoms with Gasteiger partial charge >= 0.3 is 6.03 Å². The van der Waals surface area contributed by atoms with Gasteiger partial charge in [0.2, 0.25) is 5.91 Å². The number of anilines is 3. The predicted octanol–water partition coefficient (Wildman–Crippen LogP) is 5.64. The van der Waals surface area contributed by atoms with Crippen LogP contribution in [0.4, 0.5) is 26.4 Å². The average Bonchev–Trinajstić information content (AvgIpc) is 3.58. The van der Waals surface area contributed by atoms with Crippen LogP contribution in [-0.4, -0.2) is 117 Å². The van der Waals surface area contributed by atoms with Crippen molar-refractivity contribution < 1.29 is 28.6 Å². The maximum Gasteiger partial charge on any atom is 0.328 e. The third-order valence-corrected chi connectivity index (χ3v) is 12.7. The van der Waals surface area contributed by atoms with Gasteiger partial charge in [0.25, 0.3) is 5.91 Å². The maximum absolute atomic E-state index is 16.0. The Labute approximate surface area is 353 Å². The van der Waals surface area contributed by atoms with Crippen molar-refractivity contribution in [2.45, 2.75) is 64.0 Å². The number of hydrogen-bond donors (Lipinski definition) is 3. The predicted molar refractivity (Wildman–Crippen MR) is 229 cm³/mol. The number of aromatic nitrogens is 4. The Kier molecular flexibility index (Phi) is 11.0. The first-order valence-corrected chi connectivity index (χ1v) is 21.1. The van der Waals surface area contributed by atoms with Crippen LogP contribution in [0.25, 0.3) is 22.3 Å². The molecule has 0 aliphatic carbocycles. The van der Waals surface area contributed by atoms with Gasteiger partial charge < -0.3 is 34.8 Å². The Morgan fingerprint density at radius 2 is 1.77 bits per heavy atom. The first kappa shape index (κ1) is 40.3. The van der Waals surface area contributed by atoms with Crippen LogP contribution in [-0.2, 0) is 9.53 Å². The van der Waals surface area contributed by atoms with Crippen molar-refractivity contribution in [3.05, 3.63) is 89.7 Å². The number of likely N-dealkylation sites (tertiary alicyclic amines) is 2. The third kappa shape index (κ3) is 8.21. The fraction of sp³-hybridized carbons (Fsp3) is 0.422. The van der Waals surface area contributed by atoms with Gasteiger partial charge in [0.1, 0.15) is 23.7 Å². The second-order valence-electron chi connectivity index (χ2n) is 16.9. The number of alkyl halides is 1. The number of morpholine rings is 1. The van der Waals surface area contributed by atoms with E-state index in [0.29, 0.717) is 79.0 Å².